The van der Waals surface area contributed by atoms with Gasteiger partial charge < -0.3 is 21.3 Å². The second kappa shape index (κ2) is 5.32. The number of benzene rings is 1. The van der Waals surface area contributed by atoms with Crippen molar-refractivity contribution in [3.8, 4) is 0 Å². The van der Waals surface area contributed by atoms with Crippen LogP contribution in [0.1, 0.15) is 23.2 Å². The minimum atomic E-state index is -0.0752. The Morgan fingerprint density at radius 3 is 2.70 bits per heavy atom. The number of nitrogens with zero attached hydrogens (tertiary/aromatic N) is 1. The molecule has 0 radical (unpaired) electrons. The van der Waals surface area contributed by atoms with Gasteiger partial charge in [-0.25, -0.2) is 0 Å². The molecule has 4 rings (SSSR count). The van der Waals surface area contributed by atoms with E-state index in [0.717, 1.165) is 12.2 Å². The van der Waals surface area contributed by atoms with Crippen LogP contribution in [0.4, 0.5) is 11.4 Å². The highest BCUT2D eigenvalue weighted by Crippen LogP contribution is 2.31. The first-order chi connectivity index (χ1) is 9.67. The number of anilines is 2. The van der Waals surface area contributed by atoms with E-state index >= 15 is 0 Å². The van der Waals surface area contributed by atoms with Crippen LogP contribution in [0.3, 0.4) is 0 Å². The molecule has 5 heteroatoms. The summed E-state index contributed by atoms with van der Waals surface area (Å²) in [6, 6.07) is 5.84. The zero-order valence-corrected chi connectivity index (χ0v) is 11.9. The van der Waals surface area contributed by atoms with Gasteiger partial charge in [-0.05, 0) is 50.0 Å². The van der Waals surface area contributed by atoms with Crippen LogP contribution in [-0.2, 0) is 0 Å². The molecule has 1 atom stereocenters. The average molecular weight is 274 g/mol. The Balaban J connectivity index is 1.82. The van der Waals surface area contributed by atoms with E-state index in [9.17, 15) is 4.79 Å². The molecule has 5 nitrogen and oxygen atoms in total. The highest BCUT2D eigenvalue weighted by Gasteiger charge is 2.34. The lowest BCUT2D eigenvalue weighted by molar-refractivity contribution is 0.0954. The Labute approximate surface area is 119 Å². The van der Waals surface area contributed by atoms with Gasteiger partial charge in [0.05, 0.1) is 5.56 Å². The van der Waals surface area contributed by atoms with Gasteiger partial charge >= 0.3 is 0 Å². The van der Waals surface area contributed by atoms with E-state index in [1.165, 1.54) is 25.9 Å². The van der Waals surface area contributed by atoms with Gasteiger partial charge in [-0.2, -0.15) is 0 Å². The number of piperidine rings is 3. The molecule has 0 spiro atoms. The second-order valence-corrected chi connectivity index (χ2v) is 5.77. The van der Waals surface area contributed by atoms with E-state index in [2.05, 4.69) is 15.5 Å². The first-order valence-corrected chi connectivity index (χ1v) is 7.28. The van der Waals surface area contributed by atoms with E-state index < -0.39 is 0 Å². The van der Waals surface area contributed by atoms with Crippen LogP contribution in [0.25, 0.3) is 0 Å². The van der Waals surface area contributed by atoms with Crippen LogP contribution < -0.4 is 16.4 Å². The Morgan fingerprint density at radius 2 is 2.10 bits per heavy atom. The molecule has 1 aromatic carbocycles. The summed E-state index contributed by atoms with van der Waals surface area (Å²) in [5.41, 5.74) is 8.06. The standard InChI is InChI=1S/C15H22N4O/c1-17-15(20)12-3-2-11(16)8-13(12)18-14-9-19-6-4-10(14)5-7-19/h2-3,8,10,14,18H,4-7,9,16H2,1H3,(H,17,20). The van der Waals surface area contributed by atoms with E-state index in [1.54, 1.807) is 19.2 Å². The van der Waals surface area contributed by atoms with Gasteiger partial charge in [0, 0.05) is 31.0 Å². The number of rotatable bonds is 3. The highest BCUT2D eigenvalue weighted by atomic mass is 16.1. The van der Waals surface area contributed by atoms with Crippen LogP contribution in [0, 0.1) is 5.92 Å². The maximum Gasteiger partial charge on any atom is 0.253 e. The molecule has 20 heavy (non-hydrogen) atoms. The lowest BCUT2D eigenvalue weighted by atomic mass is 9.84. The van der Waals surface area contributed by atoms with Crippen LogP contribution in [0.2, 0.25) is 0 Å². The third-order valence-electron chi connectivity index (χ3n) is 4.51. The average Bonchev–Trinajstić information content (AvgIpc) is 2.48. The summed E-state index contributed by atoms with van der Waals surface area (Å²) in [5.74, 6) is 0.632. The molecule has 3 saturated heterocycles. The molecule has 108 valence electrons. The van der Waals surface area contributed by atoms with Gasteiger partial charge in [0.2, 0.25) is 0 Å². The summed E-state index contributed by atoms with van der Waals surface area (Å²) in [7, 11) is 1.65. The number of nitrogens with two attached hydrogens (primary N) is 1. The van der Waals surface area contributed by atoms with Crippen molar-refractivity contribution in [2.24, 2.45) is 5.92 Å². The summed E-state index contributed by atoms with van der Waals surface area (Å²) in [6.07, 6.45) is 2.49. The lowest BCUT2D eigenvalue weighted by Crippen LogP contribution is -2.53. The zero-order chi connectivity index (χ0) is 14.1. The molecule has 1 unspecified atom stereocenters. The van der Waals surface area contributed by atoms with Crippen molar-refractivity contribution in [3.63, 3.8) is 0 Å². The second-order valence-electron chi connectivity index (χ2n) is 5.77. The molecule has 1 amide bonds. The quantitative estimate of drug-likeness (QED) is 0.723. The molecular weight excluding hydrogens is 252 g/mol. The largest absolute Gasteiger partial charge is 0.399 e. The van der Waals surface area contributed by atoms with E-state index in [-0.39, 0.29) is 5.91 Å². The first kappa shape index (κ1) is 13.2. The number of hydrogen-bond acceptors (Lipinski definition) is 4. The van der Waals surface area contributed by atoms with Crippen molar-refractivity contribution in [2.75, 3.05) is 37.7 Å². The van der Waals surface area contributed by atoms with Crippen LogP contribution in [0.5, 0.6) is 0 Å². The summed E-state index contributed by atoms with van der Waals surface area (Å²) < 4.78 is 0. The van der Waals surface area contributed by atoms with E-state index in [0.29, 0.717) is 23.2 Å². The summed E-state index contributed by atoms with van der Waals surface area (Å²) in [4.78, 5) is 14.4. The lowest BCUT2D eigenvalue weighted by Gasteiger charge is -2.45. The molecule has 0 saturated carbocycles. The topological polar surface area (TPSA) is 70.4 Å². The number of hydrogen-bond donors (Lipinski definition) is 3. The fourth-order valence-electron chi connectivity index (χ4n) is 3.34. The van der Waals surface area contributed by atoms with Gasteiger partial charge in [-0.15, -0.1) is 0 Å². The van der Waals surface area contributed by atoms with Gasteiger partial charge in [0.25, 0.3) is 5.91 Å². The maximum absolute atomic E-state index is 11.9. The number of fused-ring (bicyclic) bond motifs is 3. The van der Waals surface area contributed by atoms with Gasteiger partial charge in [0.15, 0.2) is 0 Å². The molecule has 3 heterocycles. The van der Waals surface area contributed by atoms with Crippen molar-refractivity contribution in [1.29, 1.82) is 0 Å². The van der Waals surface area contributed by atoms with Crippen molar-refractivity contribution >= 4 is 17.3 Å². The number of nitrogens with one attached hydrogen (secondary N) is 2. The zero-order valence-electron chi connectivity index (χ0n) is 11.9. The summed E-state index contributed by atoms with van der Waals surface area (Å²) in [5, 5.41) is 6.24. The van der Waals surface area contributed by atoms with Gasteiger partial charge in [-0.3, -0.25) is 4.79 Å². The summed E-state index contributed by atoms with van der Waals surface area (Å²) >= 11 is 0. The van der Waals surface area contributed by atoms with Gasteiger partial charge in [0.1, 0.15) is 0 Å². The maximum atomic E-state index is 11.9. The Morgan fingerprint density at radius 1 is 1.35 bits per heavy atom. The van der Waals surface area contributed by atoms with Crippen molar-refractivity contribution in [2.45, 2.75) is 18.9 Å². The summed E-state index contributed by atoms with van der Waals surface area (Å²) in [6.45, 7) is 3.48. The molecule has 2 bridgehead atoms. The predicted molar refractivity (Wildman–Crippen MR) is 80.8 cm³/mol. The minimum Gasteiger partial charge on any atom is -0.399 e. The molecule has 3 aliphatic rings. The SMILES string of the molecule is CNC(=O)c1ccc(N)cc1NC1CN2CCC1CC2. The number of carbonyl (C=O) groups is 1. The monoisotopic (exact) mass is 274 g/mol. The fourth-order valence-corrected chi connectivity index (χ4v) is 3.34. The van der Waals surface area contributed by atoms with Crippen LogP contribution in [0.15, 0.2) is 18.2 Å². The smallest absolute Gasteiger partial charge is 0.253 e. The molecule has 1 aromatic rings. The normalized spacial score (nSPS) is 28.1. The number of nitrogen functional groups attached to an aromatic ring is 1. The molecule has 3 aliphatic heterocycles. The fraction of sp³-hybridized carbons (Fsp3) is 0.533. The Hall–Kier alpha value is -1.75. The Kier molecular flexibility index (Phi) is 3.53. The van der Waals surface area contributed by atoms with Crippen molar-refractivity contribution in [3.05, 3.63) is 23.8 Å². The number of amides is 1. The predicted octanol–water partition coefficient (Wildman–Crippen LogP) is 1.13. The Bertz CT molecular complexity index is 509. The van der Waals surface area contributed by atoms with Gasteiger partial charge in [-0.1, -0.05) is 0 Å². The van der Waals surface area contributed by atoms with E-state index in [4.69, 9.17) is 5.73 Å². The molecule has 3 fully saturated rings. The first-order valence-electron chi connectivity index (χ1n) is 7.28. The van der Waals surface area contributed by atoms with E-state index in [1.807, 2.05) is 6.07 Å². The molecular formula is C15H22N4O. The van der Waals surface area contributed by atoms with Crippen LogP contribution >= 0.6 is 0 Å². The van der Waals surface area contributed by atoms with Crippen LogP contribution in [-0.4, -0.2) is 43.5 Å². The third-order valence-corrected chi connectivity index (χ3v) is 4.51. The highest BCUT2D eigenvalue weighted by molar-refractivity contribution is 6.00. The van der Waals surface area contributed by atoms with Crippen molar-refractivity contribution in [1.82, 2.24) is 10.2 Å². The molecule has 0 aromatic heterocycles. The minimum absolute atomic E-state index is 0.0752. The number of carbonyl (C=O) groups excluding carboxylic acids is 1. The molecule has 4 N–H and O–H groups in total. The third kappa shape index (κ3) is 2.45. The molecule has 0 aliphatic carbocycles. The van der Waals surface area contributed by atoms with Crippen molar-refractivity contribution < 1.29 is 4.79 Å².